The van der Waals surface area contributed by atoms with Gasteiger partial charge < -0.3 is 48.8 Å². The second kappa shape index (κ2) is 17.6. The summed E-state index contributed by atoms with van der Waals surface area (Å²) in [6.07, 6.45) is -1.99. The molecule has 0 radical (unpaired) electrons. The highest BCUT2D eigenvalue weighted by Gasteiger charge is 2.54. The first-order valence-electron chi connectivity index (χ1n) is 20.1. The SMILES string of the molecule is CC[C@@H]1C[C@@H](O)[C@H](n2c(=O)sc3c(=O)[nH]c(C)nc32)O1.CC[C@H]1O[C@@H](n2c(=O)sc3c(=O)[nH]c(C)nc32)C2OC(=S)O[C@@H]21.CC[C@H]1O[C@@H](n2c(=O)sc3c(=O)[nH]c(C)nc32)C[C@@H]1O. The summed E-state index contributed by atoms with van der Waals surface area (Å²) in [6, 6.07) is 0. The average molecular weight is 950 g/mol. The lowest BCUT2D eigenvalue weighted by atomic mass is 10.1. The van der Waals surface area contributed by atoms with Gasteiger partial charge in [-0.3, -0.25) is 42.5 Å². The van der Waals surface area contributed by atoms with E-state index in [0.29, 0.717) is 59.2 Å². The van der Waals surface area contributed by atoms with Gasteiger partial charge >= 0.3 is 19.9 Å². The predicted octanol–water partition coefficient (Wildman–Crippen LogP) is 1.86. The molecule has 338 valence electrons. The molecule has 4 fully saturated rings. The third kappa shape index (κ3) is 8.27. The molecule has 10 rings (SSSR count). The number of aromatic nitrogens is 9. The summed E-state index contributed by atoms with van der Waals surface area (Å²) in [6.45, 7) is 10.8. The van der Waals surface area contributed by atoms with Crippen molar-refractivity contribution in [1.29, 1.82) is 0 Å². The van der Waals surface area contributed by atoms with E-state index in [9.17, 15) is 39.0 Å². The minimum atomic E-state index is -0.769. The van der Waals surface area contributed by atoms with Crippen LogP contribution in [0, 0.1) is 20.8 Å². The zero-order chi connectivity index (χ0) is 45.2. The molecule has 0 saturated carbocycles. The molecule has 10 atom stereocenters. The molecule has 0 aromatic carbocycles. The molecule has 6 aromatic heterocycles. The van der Waals surface area contributed by atoms with E-state index in [1.807, 2.05) is 20.8 Å². The van der Waals surface area contributed by atoms with Crippen molar-refractivity contribution in [1.82, 2.24) is 43.6 Å². The number of hydrogen-bond donors (Lipinski definition) is 5. The number of hydrogen-bond acceptors (Lipinski definition) is 20. The van der Waals surface area contributed by atoms with Crippen molar-refractivity contribution in [2.24, 2.45) is 0 Å². The molecule has 1 unspecified atom stereocenters. The van der Waals surface area contributed by atoms with Crippen LogP contribution in [0.5, 0.6) is 0 Å². The van der Waals surface area contributed by atoms with Gasteiger partial charge in [0.2, 0.25) is 0 Å². The second-order valence-electron chi connectivity index (χ2n) is 15.2. The Bertz CT molecular complexity index is 3090. The highest BCUT2D eigenvalue weighted by molar-refractivity contribution is 7.79. The van der Waals surface area contributed by atoms with Crippen LogP contribution in [0.3, 0.4) is 0 Å². The topological polar surface area (TPSA) is 290 Å². The fourth-order valence-corrected chi connectivity index (χ4v) is 10.8. The third-order valence-electron chi connectivity index (χ3n) is 11.0. The molecule has 63 heavy (non-hydrogen) atoms. The van der Waals surface area contributed by atoms with Crippen LogP contribution in [0.15, 0.2) is 28.8 Å². The van der Waals surface area contributed by atoms with Crippen LogP contribution in [0.1, 0.15) is 89.0 Å². The summed E-state index contributed by atoms with van der Waals surface area (Å²) in [5.74, 6) is 1.29. The lowest BCUT2D eigenvalue weighted by Gasteiger charge is -2.17. The van der Waals surface area contributed by atoms with Crippen LogP contribution < -0.4 is 31.3 Å². The van der Waals surface area contributed by atoms with E-state index in [4.69, 9.17) is 35.9 Å². The van der Waals surface area contributed by atoms with E-state index in [-0.39, 0.29) is 76.0 Å². The Labute approximate surface area is 371 Å². The zero-order valence-corrected chi connectivity index (χ0v) is 37.8. The van der Waals surface area contributed by atoms with Gasteiger partial charge in [-0.1, -0.05) is 54.8 Å². The van der Waals surface area contributed by atoms with Crippen molar-refractivity contribution < 1.29 is 33.9 Å². The lowest BCUT2D eigenvalue weighted by Crippen LogP contribution is -2.31. The van der Waals surface area contributed by atoms with Crippen LogP contribution in [-0.4, -0.2) is 102 Å². The van der Waals surface area contributed by atoms with Crippen LogP contribution in [0.25, 0.3) is 31.0 Å². The van der Waals surface area contributed by atoms with Crippen molar-refractivity contribution >= 4 is 82.5 Å². The number of thiocarbonyl (C=S) groups is 1. The molecule has 6 aromatic rings. The number of aryl methyl sites for hydroxylation is 3. The first-order chi connectivity index (χ1) is 30.0. The third-order valence-corrected chi connectivity index (χ3v) is 14.0. The van der Waals surface area contributed by atoms with Crippen LogP contribution >= 0.6 is 46.2 Å². The van der Waals surface area contributed by atoms with Crippen molar-refractivity contribution in [2.45, 2.75) is 135 Å². The number of nitrogens with zero attached hydrogens (tertiary/aromatic N) is 6. The Morgan fingerprint density at radius 3 is 1.52 bits per heavy atom. The highest BCUT2D eigenvalue weighted by Crippen LogP contribution is 2.40. The van der Waals surface area contributed by atoms with Crippen LogP contribution in [0.4, 0.5) is 0 Å². The summed E-state index contributed by atoms with van der Waals surface area (Å²) < 4.78 is 33.2. The standard InChI is InChI=1S/C13H13N3O5S2.2C12H15N3O4S/c1-3-5-6-7(21-13(22)20-6)11(19-5)16-9-8(23-12(16)18)10(17)15-4(2)14-9;1-3-7-6(16)4-8(19-7)15-10-9(20-12(15)18)11(17)14-5(2)13-10;1-3-6-4-7(16)11(19-6)15-9-8(20-12(15)18)10(17)14-5(2)13-9/h5-7,11H,3H2,1-2H3,(H,14,15,17);6-8,16H,3-4H2,1-2H3,(H,13,14,17);6-7,11,16H,3-4H2,1-2H3,(H,13,14,17)/t5-,6-,7?,11-;6-,7+,8+;6-,7-,11-/m101/s1. The molecule has 4 saturated heterocycles. The van der Waals surface area contributed by atoms with Gasteiger partial charge in [0, 0.05) is 25.1 Å². The van der Waals surface area contributed by atoms with Crippen molar-refractivity contribution in [3.05, 3.63) is 77.5 Å². The largest absolute Gasteiger partial charge is 0.447 e. The molecule has 0 spiro atoms. The van der Waals surface area contributed by atoms with Gasteiger partial charge in [-0.05, 0) is 40.0 Å². The quantitative estimate of drug-likeness (QED) is 0.149. The molecule has 22 nitrogen and oxygen atoms in total. The number of aliphatic hydroxyl groups is 2. The lowest BCUT2D eigenvalue weighted by molar-refractivity contribution is -0.0437. The fraction of sp³-hybridized carbons (Fsp3) is 0.568. The maximum atomic E-state index is 12.4. The molecule has 0 aliphatic carbocycles. The maximum Gasteiger partial charge on any atom is 0.353 e. The Morgan fingerprint density at radius 2 is 1.06 bits per heavy atom. The smallest absolute Gasteiger partial charge is 0.353 e. The van der Waals surface area contributed by atoms with Gasteiger partial charge in [-0.2, -0.15) is 0 Å². The summed E-state index contributed by atoms with van der Waals surface area (Å²) in [5.41, 5.74) is -0.0960. The number of aromatic amines is 3. The zero-order valence-electron chi connectivity index (χ0n) is 34.5. The van der Waals surface area contributed by atoms with Gasteiger partial charge in [0.15, 0.2) is 41.6 Å². The maximum absolute atomic E-state index is 12.4. The van der Waals surface area contributed by atoms with E-state index in [1.165, 1.54) is 13.7 Å². The van der Waals surface area contributed by atoms with Gasteiger partial charge in [0.25, 0.3) is 16.7 Å². The van der Waals surface area contributed by atoms with Crippen molar-refractivity contribution in [3.8, 4) is 0 Å². The van der Waals surface area contributed by atoms with E-state index in [1.54, 1.807) is 20.8 Å². The normalized spacial score (nSPS) is 27.6. The number of H-pyrrole nitrogens is 3. The molecule has 0 amide bonds. The predicted molar refractivity (Wildman–Crippen MR) is 234 cm³/mol. The Hall–Kier alpha value is -4.80. The van der Waals surface area contributed by atoms with Crippen LogP contribution in [-0.2, 0) is 23.7 Å². The number of nitrogens with one attached hydrogen (secondary N) is 3. The number of fused-ring (bicyclic) bond motifs is 4. The molecule has 0 bridgehead atoms. The second-order valence-corrected chi connectivity index (χ2v) is 18.4. The van der Waals surface area contributed by atoms with E-state index in [0.717, 1.165) is 40.4 Å². The fourth-order valence-electron chi connectivity index (χ4n) is 8.05. The minimum absolute atomic E-state index is 0.0568. The monoisotopic (exact) mass is 949 g/mol. The van der Waals surface area contributed by atoms with Gasteiger partial charge in [0.1, 0.15) is 50.0 Å². The number of thiazole rings is 3. The first kappa shape index (κ1) is 44.8. The molecule has 26 heteroatoms. The molecule has 4 aliphatic heterocycles. The minimum Gasteiger partial charge on any atom is -0.447 e. The highest BCUT2D eigenvalue weighted by atomic mass is 32.1. The van der Waals surface area contributed by atoms with Gasteiger partial charge in [0.05, 0.1) is 18.3 Å². The summed E-state index contributed by atoms with van der Waals surface area (Å²) >= 11 is 7.48. The molecule has 4 aliphatic rings. The average Bonchev–Trinajstić information content (AvgIpc) is 4.09. The first-order valence-corrected chi connectivity index (χ1v) is 22.9. The summed E-state index contributed by atoms with van der Waals surface area (Å²) in [7, 11) is 0. The van der Waals surface area contributed by atoms with E-state index in [2.05, 4.69) is 29.9 Å². The van der Waals surface area contributed by atoms with E-state index < -0.39 is 37.0 Å². The molecular weight excluding hydrogens is 907 g/mol. The summed E-state index contributed by atoms with van der Waals surface area (Å²) in [5, 5.41) is 20.1. The molecular formula is C37H43N9O13S4. The van der Waals surface area contributed by atoms with Crippen molar-refractivity contribution in [3.63, 3.8) is 0 Å². The summed E-state index contributed by atoms with van der Waals surface area (Å²) in [4.78, 5) is 91.9. The number of ether oxygens (including phenoxy) is 5. The Morgan fingerprint density at radius 1 is 0.603 bits per heavy atom. The molecule has 10 heterocycles. The Balaban J connectivity index is 0.000000130. The number of rotatable bonds is 6. The Kier molecular flexibility index (Phi) is 12.5. The van der Waals surface area contributed by atoms with Gasteiger partial charge in [-0.15, -0.1) is 0 Å². The van der Waals surface area contributed by atoms with Gasteiger partial charge in [-0.25, -0.2) is 15.0 Å². The number of aliphatic hydroxyl groups excluding tert-OH is 2. The van der Waals surface area contributed by atoms with E-state index >= 15 is 0 Å². The van der Waals surface area contributed by atoms with Crippen LogP contribution in [0.2, 0.25) is 0 Å². The van der Waals surface area contributed by atoms with Crippen molar-refractivity contribution in [2.75, 3.05) is 0 Å². The molecule has 5 N–H and O–H groups in total.